The largest absolute Gasteiger partial charge is 0.369 e. The minimum atomic E-state index is -0.230. The molecule has 31 heavy (non-hydrogen) atoms. The van der Waals surface area contributed by atoms with E-state index >= 15 is 0 Å². The van der Waals surface area contributed by atoms with E-state index in [-0.39, 0.29) is 23.6 Å². The minimum Gasteiger partial charge on any atom is -0.369 e. The number of carbonyl (C=O) groups excluding carboxylic acids is 3. The Morgan fingerprint density at radius 1 is 1.23 bits per heavy atom. The molecular weight excluding hydrogens is 396 g/mol. The standard InChI is InChI=1S/C22H30N6O3/c23-21(30)18-5-2-10-27(15-18)11-3-8-25-22(31)17-4-1-6-19(14-17)26-20(29)7-12-28-13-9-24-16-28/h1,4,6,9,13-14,16,18H,2-3,5,7-8,10-12,15H2,(H2,23,30)(H,25,31)(H,26,29). The lowest BCUT2D eigenvalue weighted by atomic mass is 9.97. The van der Waals surface area contributed by atoms with Gasteiger partial charge < -0.3 is 25.8 Å². The number of likely N-dealkylation sites (tertiary alicyclic amines) is 1. The zero-order valence-electron chi connectivity index (χ0n) is 17.6. The van der Waals surface area contributed by atoms with Crippen LogP contribution in [0.15, 0.2) is 43.0 Å². The maximum Gasteiger partial charge on any atom is 0.251 e. The maximum atomic E-state index is 12.4. The molecule has 0 saturated carbocycles. The van der Waals surface area contributed by atoms with Gasteiger partial charge in [-0.1, -0.05) is 6.07 Å². The van der Waals surface area contributed by atoms with E-state index in [2.05, 4.69) is 20.5 Å². The summed E-state index contributed by atoms with van der Waals surface area (Å²) in [6.45, 7) is 3.56. The number of piperidine rings is 1. The van der Waals surface area contributed by atoms with Crippen LogP contribution in [-0.4, -0.2) is 58.4 Å². The minimum absolute atomic E-state index is 0.0683. The van der Waals surface area contributed by atoms with Crippen molar-refractivity contribution in [1.29, 1.82) is 0 Å². The summed E-state index contributed by atoms with van der Waals surface area (Å²) in [5.74, 6) is -0.599. The van der Waals surface area contributed by atoms with Gasteiger partial charge in [-0.05, 0) is 50.6 Å². The number of nitrogens with zero attached hydrogens (tertiary/aromatic N) is 3. The summed E-state index contributed by atoms with van der Waals surface area (Å²) in [5.41, 5.74) is 6.51. The Labute approximate surface area is 182 Å². The predicted molar refractivity (Wildman–Crippen MR) is 117 cm³/mol. The van der Waals surface area contributed by atoms with E-state index < -0.39 is 0 Å². The predicted octanol–water partition coefficient (Wildman–Crippen LogP) is 1.23. The van der Waals surface area contributed by atoms with Crippen LogP contribution >= 0.6 is 0 Å². The number of aromatic nitrogens is 2. The summed E-state index contributed by atoms with van der Waals surface area (Å²) in [7, 11) is 0. The molecule has 1 aromatic heterocycles. The van der Waals surface area contributed by atoms with Gasteiger partial charge in [0.15, 0.2) is 0 Å². The third-order valence-electron chi connectivity index (χ3n) is 5.41. The lowest BCUT2D eigenvalue weighted by Gasteiger charge is -2.31. The lowest BCUT2D eigenvalue weighted by Crippen LogP contribution is -2.42. The van der Waals surface area contributed by atoms with Crippen molar-refractivity contribution in [3.63, 3.8) is 0 Å². The Morgan fingerprint density at radius 2 is 2.10 bits per heavy atom. The molecule has 1 aromatic carbocycles. The number of carbonyl (C=O) groups is 3. The van der Waals surface area contributed by atoms with Crippen molar-refractivity contribution >= 4 is 23.4 Å². The number of amides is 3. The van der Waals surface area contributed by atoms with E-state index in [4.69, 9.17) is 5.73 Å². The second-order valence-corrected chi connectivity index (χ2v) is 7.83. The maximum absolute atomic E-state index is 12.4. The van der Waals surface area contributed by atoms with Gasteiger partial charge in [0.1, 0.15) is 0 Å². The molecule has 1 atom stereocenters. The molecule has 3 amide bonds. The van der Waals surface area contributed by atoms with Gasteiger partial charge in [-0.3, -0.25) is 14.4 Å². The molecule has 9 heteroatoms. The summed E-state index contributed by atoms with van der Waals surface area (Å²) in [5, 5.41) is 5.74. The normalized spacial score (nSPS) is 16.6. The molecule has 0 bridgehead atoms. The van der Waals surface area contributed by atoms with E-state index in [0.29, 0.717) is 37.3 Å². The van der Waals surface area contributed by atoms with Crippen LogP contribution in [0, 0.1) is 5.92 Å². The zero-order chi connectivity index (χ0) is 22.1. The number of aryl methyl sites for hydroxylation is 1. The van der Waals surface area contributed by atoms with Crippen LogP contribution in [0.1, 0.15) is 36.0 Å². The summed E-state index contributed by atoms with van der Waals surface area (Å²) >= 11 is 0. The molecule has 0 spiro atoms. The summed E-state index contributed by atoms with van der Waals surface area (Å²) in [6, 6.07) is 6.90. The van der Waals surface area contributed by atoms with Gasteiger partial charge in [0.05, 0.1) is 12.2 Å². The number of nitrogens with one attached hydrogen (secondary N) is 2. The molecular formula is C22H30N6O3. The molecule has 166 valence electrons. The van der Waals surface area contributed by atoms with Crippen molar-refractivity contribution < 1.29 is 14.4 Å². The summed E-state index contributed by atoms with van der Waals surface area (Å²) in [6.07, 6.45) is 8.09. The molecule has 1 fully saturated rings. The molecule has 4 N–H and O–H groups in total. The number of anilines is 1. The van der Waals surface area contributed by atoms with Crippen LogP contribution in [0.25, 0.3) is 0 Å². The van der Waals surface area contributed by atoms with Gasteiger partial charge in [0, 0.05) is 49.7 Å². The number of hydrogen-bond acceptors (Lipinski definition) is 5. The number of benzene rings is 1. The lowest BCUT2D eigenvalue weighted by molar-refractivity contribution is -0.123. The first-order valence-corrected chi connectivity index (χ1v) is 10.7. The van der Waals surface area contributed by atoms with Crippen molar-refractivity contribution in [3.05, 3.63) is 48.5 Å². The molecule has 1 aliphatic heterocycles. The van der Waals surface area contributed by atoms with E-state index in [1.807, 2.05) is 4.57 Å². The highest BCUT2D eigenvalue weighted by molar-refractivity contribution is 5.97. The molecule has 0 radical (unpaired) electrons. The van der Waals surface area contributed by atoms with Crippen molar-refractivity contribution in [2.75, 3.05) is 31.5 Å². The van der Waals surface area contributed by atoms with Crippen LogP contribution in [0.3, 0.4) is 0 Å². The van der Waals surface area contributed by atoms with Gasteiger partial charge in [-0.2, -0.15) is 0 Å². The zero-order valence-corrected chi connectivity index (χ0v) is 17.6. The third kappa shape index (κ3) is 7.21. The first-order valence-electron chi connectivity index (χ1n) is 10.7. The van der Waals surface area contributed by atoms with Crippen molar-refractivity contribution in [2.24, 2.45) is 11.7 Å². The summed E-state index contributed by atoms with van der Waals surface area (Å²) < 4.78 is 1.83. The molecule has 1 unspecified atom stereocenters. The number of imidazole rings is 1. The number of hydrogen-bond donors (Lipinski definition) is 3. The van der Waals surface area contributed by atoms with Gasteiger partial charge >= 0.3 is 0 Å². The van der Waals surface area contributed by atoms with E-state index in [9.17, 15) is 14.4 Å². The topological polar surface area (TPSA) is 122 Å². The molecule has 2 heterocycles. The molecule has 9 nitrogen and oxygen atoms in total. The highest BCUT2D eigenvalue weighted by Crippen LogP contribution is 2.16. The van der Waals surface area contributed by atoms with Gasteiger partial charge in [0.25, 0.3) is 5.91 Å². The molecule has 3 rings (SSSR count). The van der Waals surface area contributed by atoms with Crippen LogP contribution in [0.4, 0.5) is 5.69 Å². The average Bonchev–Trinajstić information content (AvgIpc) is 3.29. The Morgan fingerprint density at radius 3 is 2.87 bits per heavy atom. The fourth-order valence-corrected chi connectivity index (χ4v) is 3.71. The first-order chi connectivity index (χ1) is 15.0. The van der Waals surface area contributed by atoms with Crippen molar-refractivity contribution in [1.82, 2.24) is 19.8 Å². The quantitative estimate of drug-likeness (QED) is 0.493. The number of nitrogens with two attached hydrogens (primary N) is 1. The van der Waals surface area contributed by atoms with E-state index in [1.165, 1.54) is 0 Å². The van der Waals surface area contributed by atoms with E-state index in [0.717, 1.165) is 32.4 Å². The Hall–Kier alpha value is -3.20. The monoisotopic (exact) mass is 426 g/mol. The van der Waals surface area contributed by atoms with Gasteiger partial charge in [-0.25, -0.2) is 4.98 Å². The smallest absolute Gasteiger partial charge is 0.251 e. The van der Waals surface area contributed by atoms with Crippen LogP contribution < -0.4 is 16.4 Å². The average molecular weight is 427 g/mol. The highest BCUT2D eigenvalue weighted by atomic mass is 16.2. The fraction of sp³-hybridized carbons (Fsp3) is 0.455. The second kappa shape index (κ2) is 11.3. The Balaban J connectivity index is 1.39. The van der Waals surface area contributed by atoms with Crippen molar-refractivity contribution in [2.45, 2.75) is 32.2 Å². The molecule has 0 aliphatic carbocycles. The fourth-order valence-electron chi connectivity index (χ4n) is 3.71. The van der Waals surface area contributed by atoms with Gasteiger partial charge in [0.2, 0.25) is 11.8 Å². The number of primary amides is 1. The van der Waals surface area contributed by atoms with Crippen LogP contribution in [0.2, 0.25) is 0 Å². The van der Waals surface area contributed by atoms with E-state index in [1.54, 1.807) is 43.0 Å². The molecule has 2 aromatic rings. The van der Waals surface area contributed by atoms with Crippen LogP contribution in [0.5, 0.6) is 0 Å². The summed E-state index contributed by atoms with van der Waals surface area (Å²) in [4.78, 5) is 42.1. The Kier molecular flexibility index (Phi) is 8.17. The van der Waals surface area contributed by atoms with Crippen LogP contribution in [-0.2, 0) is 16.1 Å². The highest BCUT2D eigenvalue weighted by Gasteiger charge is 2.23. The molecule has 1 saturated heterocycles. The number of rotatable bonds is 10. The Bertz CT molecular complexity index is 883. The SMILES string of the molecule is NC(=O)C1CCCN(CCCNC(=O)c2cccc(NC(=O)CCn3ccnc3)c2)C1. The van der Waals surface area contributed by atoms with Gasteiger partial charge in [-0.15, -0.1) is 0 Å². The second-order valence-electron chi connectivity index (χ2n) is 7.83. The first kappa shape index (κ1) is 22.5. The molecule has 1 aliphatic rings. The third-order valence-corrected chi connectivity index (χ3v) is 5.41. The van der Waals surface area contributed by atoms with Crippen molar-refractivity contribution in [3.8, 4) is 0 Å².